The van der Waals surface area contributed by atoms with E-state index in [-0.39, 0.29) is 11.0 Å². The van der Waals surface area contributed by atoms with E-state index < -0.39 is 8.32 Å². The first-order valence-corrected chi connectivity index (χ1v) is 9.97. The Balaban J connectivity index is 2.62. The summed E-state index contributed by atoms with van der Waals surface area (Å²) in [5.74, 6) is -0.114. The first kappa shape index (κ1) is 17.5. The highest BCUT2D eigenvalue weighted by molar-refractivity contribution is 6.99. The van der Waals surface area contributed by atoms with Gasteiger partial charge in [0.2, 0.25) is 0 Å². The van der Waals surface area contributed by atoms with Crippen molar-refractivity contribution in [2.75, 3.05) is 6.61 Å². The van der Waals surface area contributed by atoms with E-state index in [0.29, 0.717) is 6.61 Å². The molecule has 0 bridgehead atoms. The van der Waals surface area contributed by atoms with Gasteiger partial charge in [0.15, 0.2) is 0 Å². The molecule has 2 nitrogen and oxygen atoms in total. The molecule has 0 aromatic heterocycles. The van der Waals surface area contributed by atoms with Crippen LogP contribution >= 0.6 is 0 Å². The van der Waals surface area contributed by atoms with Crippen molar-refractivity contribution in [3.05, 3.63) is 60.7 Å². The number of hydrogen-bond acceptors (Lipinski definition) is 2. The Morgan fingerprint density at radius 2 is 1.39 bits per heavy atom. The summed E-state index contributed by atoms with van der Waals surface area (Å²) in [5, 5.41) is 11.6. The van der Waals surface area contributed by atoms with Gasteiger partial charge in [0.05, 0.1) is 18.6 Å². The van der Waals surface area contributed by atoms with Crippen LogP contribution in [-0.2, 0) is 4.43 Å². The first-order chi connectivity index (χ1) is 10.9. The molecule has 0 aliphatic rings. The molecule has 2 rings (SSSR count). The lowest BCUT2D eigenvalue weighted by atomic mass is 10.2. The zero-order valence-electron chi connectivity index (χ0n) is 14.4. The second kappa shape index (κ2) is 7.12. The highest BCUT2D eigenvalue weighted by atomic mass is 28.4. The molecule has 2 aromatic carbocycles. The molecule has 0 amide bonds. The van der Waals surface area contributed by atoms with Crippen molar-refractivity contribution in [1.82, 2.24) is 0 Å². The summed E-state index contributed by atoms with van der Waals surface area (Å²) in [4.78, 5) is 0. The molecule has 120 valence electrons. The van der Waals surface area contributed by atoms with Crippen LogP contribution in [0.4, 0.5) is 0 Å². The number of rotatable bonds is 5. The van der Waals surface area contributed by atoms with Crippen LogP contribution in [0.2, 0.25) is 5.04 Å². The normalized spacial score (nSPS) is 13.3. The Bertz CT molecular complexity index is 616. The van der Waals surface area contributed by atoms with Crippen LogP contribution in [0.3, 0.4) is 0 Å². The van der Waals surface area contributed by atoms with Crippen molar-refractivity contribution < 1.29 is 4.43 Å². The summed E-state index contributed by atoms with van der Waals surface area (Å²) < 4.78 is 6.64. The van der Waals surface area contributed by atoms with Gasteiger partial charge >= 0.3 is 0 Å². The fraction of sp³-hybridized carbons (Fsp3) is 0.350. The smallest absolute Gasteiger partial charge is 0.261 e. The molecule has 0 spiro atoms. The van der Waals surface area contributed by atoms with Gasteiger partial charge in [-0.2, -0.15) is 5.26 Å². The Kier molecular flexibility index (Phi) is 5.41. The topological polar surface area (TPSA) is 33.0 Å². The van der Waals surface area contributed by atoms with E-state index in [9.17, 15) is 0 Å². The van der Waals surface area contributed by atoms with E-state index in [0.717, 1.165) is 0 Å². The first-order valence-electron chi connectivity index (χ1n) is 8.06. The van der Waals surface area contributed by atoms with Crippen LogP contribution in [0.1, 0.15) is 27.7 Å². The third kappa shape index (κ3) is 3.55. The Morgan fingerprint density at radius 1 is 0.957 bits per heavy atom. The van der Waals surface area contributed by atoms with Crippen molar-refractivity contribution >= 4 is 18.7 Å². The van der Waals surface area contributed by atoms with Crippen molar-refractivity contribution in [1.29, 1.82) is 5.26 Å². The molecule has 0 radical (unpaired) electrons. The van der Waals surface area contributed by atoms with Crippen LogP contribution < -0.4 is 10.4 Å². The molecule has 0 fully saturated rings. The second-order valence-electron chi connectivity index (χ2n) is 7.00. The third-order valence-corrected chi connectivity index (χ3v) is 9.19. The van der Waals surface area contributed by atoms with Gasteiger partial charge in [-0.1, -0.05) is 81.4 Å². The Morgan fingerprint density at radius 3 is 1.74 bits per heavy atom. The van der Waals surface area contributed by atoms with Crippen LogP contribution in [-0.4, -0.2) is 14.9 Å². The lowest BCUT2D eigenvalue weighted by Crippen LogP contribution is -2.66. The number of benzene rings is 2. The quantitative estimate of drug-likeness (QED) is 0.786. The molecule has 2 aromatic rings. The zero-order chi connectivity index (χ0) is 16.9. The standard InChI is InChI=1S/C20H25NOSi/c1-17(15-21)16-22-23(20(2,3)4,18-11-7-5-8-12-18)19-13-9-6-10-14-19/h5-14,17H,16H2,1-4H3. The predicted octanol–water partition coefficient (Wildman–Crippen LogP) is 3.72. The van der Waals surface area contributed by atoms with Crippen LogP contribution in [0.25, 0.3) is 0 Å². The molecule has 0 heterocycles. The summed E-state index contributed by atoms with van der Waals surface area (Å²) in [7, 11) is -2.48. The minimum Gasteiger partial charge on any atom is -0.406 e. The van der Waals surface area contributed by atoms with E-state index in [1.807, 2.05) is 19.1 Å². The highest BCUT2D eigenvalue weighted by Crippen LogP contribution is 2.36. The predicted molar refractivity (Wildman–Crippen MR) is 98.4 cm³/mol. The molecular weight excluding hydrogens is 298 g/mol. The van der Waals surface area contributed by atoms with Gasteiger partial charge in [-0.05, 0) is 22.3 Å². The average molecular weight is 324 g/mol. The van der Waals surface area contributed by atoms with Gasteiger partial charge in [0.25, 0.3) is 8.32 Å². The minimum atomic E-state index is -2.48. The molecule has 0 N–H and O–H groups in total. The van der Waals surface area contributed by atoms with Gasteiger partial charge in [-0.15, -0.1) is 0 Å². The lowest BCUT2D eigenvalue weighted by Gasteiger charge is -2.43. The number of nitriles is 1. The summed E-state index contributed by atoms with van der Waals surface area (Å²) in [5.41, 5.74) is 0. The van der Waals surface area contributed by atoms with E-state index >= 15 is 0 Å². The Labute approximate surface area is 140 Å². The number of nitrogens with zero attached hydrogens (tertiary/aromatic N) is 1. The maximum atomic E-state index is 9.16. The van der Waals surface area contributed by atoms with Crippen molar-refractivity contribution in [2.45, 2.75) is 32.7 Å². The molecular formula is C20H25NOSi. The van der Waals surface area contributed by atoms with Crippen molar-refractivity contribution in [3.8, 4) is 6.07 Å². The summed E-state index contributed by atoms with van der Waals surface area (Å²) >= 11 is 0. The monoisotopic (exact) mass is 323 g/mol. The summed E-state index contributed by atoms with van der Waals surface area (Å²) in [6.45, 7) is 9.12. The SMILES string of the molecule is CC(C#N)CO[Si](c1ccccc1)(c1ccccc1)C(C)(C)C. The van der Waals surface area contributed by atoms with Crippen molar-refractivity contribution in [3.63, 3.8) is 0 Å². The molecule has 0 aliphatic heterocycles. The minimum absolute atomic E-state index is 0.0368. The number of hydrogen-bond donors (Lipinski definition) is 0. The van der Waals surface area contributed by atoms with Gasteiger partial charge in [-0.3, -0.25) is 0 Å². The van der Waals surface area contributed by atoms with Gasteiger partial charge in [0.1, 0.15) is 0 Å². The third-order valence-electron chi connectivity index (χ3n) is 4.19. The van der Waals surface area contributed by atoms with Crippen molar-refractivity contribution in [2.24, 2.45) is 5.92 Å². The highest BCUT2D eigenvalue weighted by Gasteiger charge is 2.50. The molecule has 23 heavy (non-hydrogen) atoms. The van der Waals surface area contributed by atoms with Crippen LogP contribution in [0.15, 0.2) is 60.7 Å². The van der Waals surface area contributed by atoms with Gasteiger partial charge < -0.3 is 4.43 Å². The molecule has 1 unspecified atom stereocenters. The zero-order valence-corrected chi connectivity index (χ0v) is 15.4. The second-order valence-corrected chi connectivity index (χ2v) is 11.3. The maximum Gasteiger partial charge on any atom is 0.261 e. The summed E-state index contributed by atoms with van der Waals surface area (Å²) in [6.07, 6.45) is 0. The maximum absolute atomic E-state index is 9.16. The average Bonchev–Trinajstić information content (AvgIpc) is 2.56. The van der Waals surface area contributed by atoms with Crippen LogP contribution in [0.5, 0.6) is 0 Å². The molecule has 0 saturated carbocycles. The van der Waals surface area contributed by atoms with E-state index in [4.69, 9.17) is 9.69 Å². The molecule has 0 aliphatic carbocycles. The van der Waals surface area contributed by atoms with E-state index in [1.54, 1.807) is 0 Å². The van der Waals surface area contributed by atoms with Gasteiger partial charge in [0, 0.05) is 0 Å². The fourth-order valence-electron chi connectivity index (χ4n) is 3.05. The van der Waals surface area contributed by atoms with Crippen LogP contribution in [0, 0.1) is 17.2 Å². The van der Waals surface area contributed by atoms with E-state index in [2.05, 4.69) is 75.4 Å². The molecule has 0 saturated heterocycles. The van der Waals surface area contributed by atoms with Gasteiger partial charge in [-0.25, -0.2) is 0 Å². The molecule has 1 atom stereocenters. The van der Waals surface area contributed by atoms with E-state index in [1.165, 1.54) is 10.4 Å². The Hall–Kier alpha value is -1.89. The largest absolute Gasteiger partial charge is 0.406 e. The molecule has 3 heteroatoms. The summed E-state index contributed by atoms with van der Waals surface area (Å²) in [6, 6.07) is 23.3. The fourth-order valence-corrected chi connectivity index (χ4v) is 7.70. The lowest BCUT2D eigenvalue weighted by molar-refractivity contribution is 0.271.